The number of rotatable bonds is 4. The quantitative estimate of drug-likeness (QED) is 0.434. The molecule has 0 aliphatic rings. The van der Waals surface area contributed by atoms with Crippen molar-refractivity contribution >= 4 is 39.1 Å². The molecule has 108 valence electrons. The Bertz CT molecular complexity index is 782. The number of hydrogen-bond donors (Lipinski definition) is 2. The lowest BCUT2D eigenvalue weighted by molar-refractivity contribution is 1.06. The number of benzene rings is 1. The molecule has 0 spiro atoms. The van der Waals surface area contributed by atoms with E-state index in [0.717, 1.165) is 21.8 Å². The summed E-state index contributed by atoms with van der Waals surface area (Å²) in [5.74, 6) is 7.77. The number of hydrogen-bond acceptors (Lipinski definition) is 6. The number of thioether (sulfide) groups is 1. The van der Waals surface area contributed by atoms with Crippen LogP contribution in [0.4, 0.5) is 5.82 Å². The van der Waals surface area contributed by atoms with Crippen LogP contribution in [0.3, 0.4) is 0 Å². The summed E-state index contributed by atoms with van der Waals surface area (Å²) in [5.41, 5.74) is 5.20. The van der Waals surface area contributed by atoms with Gasteiger partial charge < -0.3 is 5.43 Å². The van der Waals surface area contributed by atoms with Gasteiger partial charge in [0.25, 0.3) is 0 Å². The van der Waals surface area contributed by atoms with E-state index in [1.54, 1.807) is 23.1 Å². The molecule has 4 nitrogen and oxygen atoms in total. The van der Waals surface area contributed by atoms with E-state index in [2.05, 4.69) is 47.4 Å². The van der Waals surface area contributed by atoms with Crippen LogP contribution in [-0.4, -0.2) is 9.97 Å². The van der Waals surface area contributed by atoms with Crippen LogP contribution in [-0.2, 0) is 5.75 Å². The lowest BCUT2D eigenvalue weighted by Gasteiger charge is -2.08. The molecule has 21 heavy (non-hydrogen) atoms. The van der Waals surface area contributed by atoms with Crippen molar-refractivity contribution in [1.82, 2.24) is 9.97 Å². The fraction of sp³-hybridized carbons (Fsp3) is 0.200. The van der Waals surface area contributed by atoms with Crippen molar-refractivity contribution in [2.75, 3.05) is 5.43 Å². The van der Waals surface area contributed by atoms with Crippen LogP contribution in [0, 0.1) is 13.8 Å². The van der Waals surface area contributed by atoms with Crippen LogP contribution in [0.15, 0.2) is 34.5 Å². The van der Waals surface area contributed by atoms with E-state index in [1.807, 2.05) is 11.4 Å². The Morgan fingerprint density at radius 3 is 2.90 bits per heavy atom. The Hall–Kier alpha value is -1.63. The third kappa shape index (κ3) is 3.02. The molecule has 2 heterocycles. The molecule has 0 radical (unpaired) electrons. The normalized spacial score (nSPS) is 11.0. The summed E-state index contributed by atoms with van der Waals surface area (Å²) in [6.45, 7) is 4.23. The van der Waals surface area contributed by atoms with E-state index in [9.17, 15) is 0 Å². The maximum absolute atomic E-state index is 5.55. The van der Waals surface area contributed by atoms with Crippen molar-refractivity contribution in [2.45, 2.75) is 24.5 Å². The number of thiophene rings is 1. The molecular formula is C15H16N4S2. The second kappa shape index (κ2) is 6.01. The number of nitrogens with zero attached hydrogens (tertiary/aromatic N) is 2. The fourth-order valence-corrected chi connectivity index (χ4v) is 3.84. The minimum Gasteiger partial charge on any atom is -0.308 e. The Morgan fingerprint density at radius 1 is 1.24 bits per heavy atom. The molecule has 0 saturated heterocycles. The summed E-state index contributed by atoms with van der Waals surface area (Å²) in [4.78, 5) is 11.3. The van der Waals surface area contributed by atoms with Gasteiger partial charge in [-0.3, -0.25) is 0 Å². The molecule has 0 atom stereocenters. The van der Waals surface area contributed by atoms with Gasteiger partial charge in [0.1, 0.15) is 10.7 Å². The van der Waals surface area contributed by atoms with Gasteiger partial charge in [-0.05, 0) is 36.9 Å². The smallest absolute Gasteiger partial charge is 0.152 e. The molecular weight excluding hydrogens is 300 g/mol. The Balaban J connectivity index is 1.86. The molecule has 0 amide bonds. The number of aryl methyl sites for hydroxylation is 2. The number of fused-ring (bicyclic) bond motifs is 1. The topological polar surface area (TPSA) is 63.8 Å². The highest BCUT2D eigenvalue weighted by Gasteiger charge is 2.09. The predicted molar refractivity (Wildman–Crippen MR) is 90.7 cm³/mol. The molecule has 0 saturated carbocycles. The van der Waals surface area contributed by atoms with Crippen molar-refractivity contribution in [3.8, 4) is 0 Å². The van der Waals surface area contributed by atoms with E-state index in [1.165, 1.54) is 16.0 Å². The zero-order valence-electron chi connectivity index (χ0n) is 11.9. The van der Waals surface area contributed by atoms with Gasteiger partial charge in [-0.1, -0.05) is 17.7 Å². The lowest BCUT2D eigenvalue weighted by Crippen LogP contribution is -2.10. The predicted octanol–water partition coefficient (Wildman–Crippen LogP) is 3.89. The minimum absolute atomic E-state index is 0.692. The average Bonchev–Trinajstić information content (AvgIpc) is 2.95. The highest BCUT2D eigenvalue weighted by Crippen LogP contribution is 2.29. The summed E-state index contributed by atoms with van der Waals surface area (Å²) in [6.07, 6.45) is 0. The highest BCUT2D eigenvalue weighted by atomic mass is 32.2. The van der Waals surface area contributed by atoms with Crippen molar-refractivity contribution < 1.29 is 0 Å². The molecule has 0 fully saturated rings. The van der Waals surface area contributed by atoms with E-state index in [-0.39, 0.29) is 0 Å². The first-order valence-electron chi connectivity index (χ1n) is 6.58. The lowest BCUT2D eigenvalue weighted by atomic mass is 10.2. The third-order valence-electron chi connectivity index (χ3n) is 3.21. The maximum atomic E-state index is 5.55. The van der Waals surface area contributed by atoms with Crippen molar-refractivity contribution in [3.63, 3.8) is 0 Å². The standard InChI is InChI=1S/C15H16N4S2/c1-9-3-4-10(2)12(7-9)21-8-13-17-14(19-16)11-5-6-20-15(11)18-13/h3-7H,8,16H2,1-2H3,(H,17,18,19). The summed E-state index contributed by atoms with van der Waals surface area (Å²) in [7, 11) is 0. The number of hydrazine groups is 1. The number of nitrogens with one attached hydrogen (secondary N) is 1. The first-order chi connectivity index (χ1) is 10.2. The van der Waals surface area contributed by atoms with Gasteiger partial charge in [-0.25, -0.2) is 15.8 Å². The van der Waals surface area contributed by atoms with Gasteiger partial charge in [0.2, 0.25) is 0 Å². The summed E-state index contributed by atoms with van der Waals surface area (Å²) >= 11 is 3.36. The molecule has 6 heteroatoms. The first kappa shape index (κ1) is 14.3. The Kier molecular flexibility index (Phi) is 4.10. The van der Waals surface area contributed by atoms with E-state index < -0.39 is 0 Å². The molecule has 0 aliphatic heterocycles. The van der Waals surface area contributed by atoms with E-state index in [0.29, 0.717) is 5.82 Å². The molecule has 0 bridgehead atoms. The van der Waals surface area contributed by atoms with Crippen molar-refractivity contribution in [3.05, 3.63) is 46.6 Å². The van der Waals surface area contributed by atoms with Gasteiger partial charge in [0, 0.05) is 4.90 Å². The van der Waals surface area contributed by atoms with Crippen LogP contribution < -0.4 is 11.3 Å². The Morgan fingerprint density at radius 2 is 2.10 bits per heavy atom. The number of nitrogens with two attached hydrogens (primary N) is 1. The largest absolute Gasteiger partial charge is 0.308 e. The highest BCUT2D eigenvalue weighted by molar-refractivity contribution is 7.98. The van der Waals surface area contributed by atoms with Crippen LogP contribution in [0.5, 0.6) is 0 Å². The van der Waals surface area contributed by atoms with Crippen LogP contribution in [0.2, 0.25) is 0 Å². The SMILES string of the molecule is Cc1ccc(C)c(SCc2nc(NN)c3ccsc3n2)c1. The van der Waals surface area contributed by atoms with Gasteiger partial charge in [-0.15, -0.1) is 23.1 Å². The first-order valence-corrected chi connectivity index (χ1v) is 8.44. The minimum atomic E-state index is 0.692. The van der Waals surface area contributed by atoms with E-state index >= 15 is 0 Å². The van der Waals surface area contributed by atoms with Crippen molar-refractivity contribution in [1.29, 1.82) is 0 Å². The molecule has 3 rings (SSSR count). The maximum Gasteiger partial charge on any atom is 0.152 e. The summed E-state index contributed by atoms with van der Waals surface area (Å²) < 4.78 is 0. The summed E-state index contributed by atoms with van der Waals surface area (Å²) in [6, 6.07) is 8.46. The second-order valence-electron chi connectivity index (χ2n) is 4.83. The number of aromatic nitrogens is 2. The van der Waals surface area contributed by atoms with Gasteiger partial charge in [-0.2, -0.15) is 0 Å². The van der Waals surface area contributed by atoms with Crippen LogP contribution >= 0.6 is 23.1 Å². The molecule has 2 aromatic heterocycles. The zero-order valence-corrected chi connectivity index (χ0v) is 13.5. The number of anilines is 1. The molecule has 0 unspecified atom stereocenters. The molecule has 3 N–H and O–H groups in total. The van der Waals surface area contributed by atoms with Gasteiger partial charge >= 0.3 is 0 Å². The third-order valence-corrected chi connectivity index (χ3v) is 5.17. The number of nitrogen functional groups attached to an aromatic ring is 1. The van der Waals surface area contributed by atoms with E-state index in [4.69, 9.17) is 5.84 Å². The Labute approximate surface area is 131 Å². The molecule has 3 aromatic rings. The fourth-order valence-electron chi connectivity index (χ4n) is 2.08. The van der Waals surface area contributed by atoms with Gasteiger partial charge in [0.05, 0.1) is 11.1 Å². The van der Waals surface area contributed by atoms with Crippen LogP contribution in [0.1, 0.15) is 17.0 Å². The second-order valence-corrected chi connectivity index (χ2v) is 6.74. The average molecular weight is 316 g/mol. The monoisotopic (exact) mass is 316 g/mol. The zero-order chi connectivity index (χ0) is 14.8. The summed E-state index contributed by atoms with van der Waals surface area (Å²) in [5, 5.41) is 2.98. The van der Waals surface area contributed by atoms with Gasteiger partial charge in [0.15, 0.2) is 5.82 Å². The van der Waals surface area contributed by atoms with Crippen molar-refractivity contribution in [2.24, 2.45) is 5.84 Å². The molecule has 0 aliphatic carbocycles. The van der Waals surface area contributed by atoms with Crippen LogP contribution in [0.25, 0.3) is 10.2 Å². The molecule has 1 aromatic carbocycles.